The first kappa shape index (κ1) is 9.75. The Bertz CT molecular complexity index is 97.8. The lowest BCUT2D eigenvalue weighted by molar-refractivity contribution is -0.133. The first-order chi connectivity index (χ1) is 4.13. The third kappa shape index (κ3) is 8.75. The summed E-state index contributed by atoms with van der Waals surface area (Å²) in [5.41, 5.74) is 0. The number of rotatable bonds is 4. The summed E-state index contributed by atoms with van der Waals surface area (Å²) in [6, 6.07) is 0. The number of halogens is 2. The molecule has 0 aromatic heterocycles. The van der Waals surface area contributed by atoms with Crippen LogP contribution >= 0.6 is 44.8 Å². The van der Waals surface area contributed by atoms with E-state index in [2.05, 4.69) is 0 Å². The van der Waals surface area contributed by atoms with Gasteiger partial charge in [-0.25, -0.2) is 0 Å². The van der Waals surface area contributed by atoms with Crippen molar-refractivity contribution < 1.29 is 9.90 Å². The predicted molar refractivity (Wildman–Crippen MR) is 43.2 cm³/mol. The van der Waals surface area contributed by atoms with Crippen LogP contribution < -0.4 is 0 Å². The van der Waals surface area contributed by atoms with Gasteiger partial charge in [0.25, 0.3) is 0 Å². The minimum Gasteiger partial charge on any atom is -0.481 e. The van der Waals surface area contributed by atoms with Crippen LogP contribution in [0.1, 0.15) is 0 Å². The van der Waals surface area contributed by atoms with E-state index in [1.54, 1.807) is 0 Å². The number of carboxylic acids is 1. The average Bonchev–Trinajstić information content (AvgIpc) is 1.63. The molecule has 0 rings (SSSR count). The van der Waals surface area contributed by atoms with Crippen molar-refractivity contribution in [3.05, 3.63) is 0 Å². The van der Waals surface area contributed by atoms with Gasteiger partial charge in [-0.05, 0) is 0 Å². The van der Waals surface area contributed by atoms with E-state index in [4.69, 9.17) is 28.3 Å². The quantitative estimate of drug-likeness (QED) is 0.566. The Balaban J connectivity index is 3.01. The van der Waals surface area contributed by atoms with Crippen molar-refractivity contribution in [3.63, 3.8) is 0 Å². The minimum atomic E-state index is -0.860. The molecule has 0 spiro atoms. The molecule has 0 aliphatic rings. The highest BCUT2D eigenvalue weighted by molar-refractivity contribution is 8.77. The van der Waals surface area contributed by atoms with Crippen molar-refractivity contribution in [3.8, 4) is 0 Å². The van der Waals surface area contributed by atoms with Gasteiger partial charge in [-0.2, -0.15) is 0 Å². The smallest absolute Gasteiger partial charge is 0.314 e. The number of alkyl halides is 2. The number of aliphatic carboxylic acids is 1. The summed E-state index contributed by atoms with van der Waals surface area (Å²) >= 11 is 10.6. The molecule has 1 N–H and O–H groups in total. The molecule has 0 saturated heterocycles. The van der Waals surface area contributed by atoms with Crippen molar-refractivity contribution in [2.24, 2.45) is 0 Å². The van der Waals surface area contributed by atoms with Crippen LogP contribution in [0.3, 0.4) is 0 Å². The molecule has 0 aromatic carbocycles. The molecule has 54 valence electrons. The van der Waals surface area contributed by atoms with Gasteiger partial charge in [0.05, 0.1) is 0 Å². The molecule has 0 fully saturated rings. The van der Waals surface area contributed by atoms with Gasteiger partial charge in [-0.1, -0.05) is 44.8 Å². The van der Waals surface area contributed by atoms with E-state index >= 15 is 0 Å². The third-order valence-electron chi connectivity index (χ3n) is 0.323. The SMILES string of the molecule is O=C(O)CSSC(Cl)Cl. The lowest BCUT2D eigenvalue weighted by Gasteiger charge is -1.95. The largest absolute Gasteiger partial charge is 0.481 e. The van der Waals surface area contributed by atoms with E-state index in [9.17, 15) is 4.79 Å². The molecule has 0 aliphatic carbocycles. The van der Waals surface area contributed by atoms with E-state index in [0.29, 0.717) is 0 Å². The number of hydrogen-bond acceptors (Lipinski definition) is 3. The zero-order valence-corrected chi connectivity index (χ0v) is 7.36. The van der Waals surface area contributed by atoms with Crippen LogP contribution in [-0.4, -0.2) is 21.0 Å². The zero-order valence-electron chi connectivity index (χ0n) is 4.21. The maximum atomic E-state index is 9.86. The zero-order chi connectivity index (χ0) is 7.28. The van der Waals surface area contributed by atoms with Crippen molar-refractivity contribution in [1.29, 1.82) is 0 Å². The van der Waals surface area contributed by atoms with Gasteiger partial charge in [0.1, 0.15) is 5.75 Å². The minimum absolute atomic E-state index is 0.0284. The third-order valence-corrected chi connectivity index (χ3v) is 3.48. The van der Waals surface area contributed by atoms with Gasteiger partial charge >= 0.3 is 5.97 Å². The fraction of sp³-hybridized carbons (Fsp3) is 0.667. The van der Waals surface area contributed by atoms with Crippen molar-refractivity contribution in [2.75, 3.05) is 5.75 Å². The Labute approximate surface area is 70.7 Å². The molecule has 0 aliphatic heterocycles. The second kappa shape index (κ2) is 5.53. The topological polar surface area (TPSA) is 37.3 Å². The Hall–Kier alpha value is 0.750. The molecular formula is C3H4Cl2O2S2. The summed E-state index contributed by atoms with van der Waals surface area (Å²) in [5, 5.41) is 8.11. The molecule has 0 radical (unpaired) electrons. The monoisotopic (exact) mass is 206 g/mol. The van der Waals surface area contributed by atoms with Crippen molar-refractivity contribution in [2.45, 2.75) is 4.17 Å². The second-order valence-electron chi connectivity index (χ2n) is 1.01. The van der Waals surface area contributed by atoms with Crippen LogP contribution in [0, 0.1) is 0 Å². The van der Waals surface area contributed by atoms with Crippen LogP contribution in [-0.2, 0) is 4.79 Å². The van der Waals surface area contributed by atoms with Crippen LogP contribution in [0.4, 0.5) is 0 Å². The van der Waals surface area contributed by atoms with Gasteiger partial charge in [-0.15, -0.1) is 0 Å². The Morgan fingerprint density at radius 2 is 2.22 bits per heavy atom. The summed E-state index contributed by atoms with van der Waals surface area (Å²) < 4.78 is -0.547. The molecule has 0 aromatic rings. The maximum Gasteiger partial charge on any atom is 0.314 e. The van der Waals surface area contributed by atoms with Crippen LogP contribution in [0.2, 0.25) is 0 Å². The second-order valence-corrected chi connectivity index (χ2v) is 5.10. The highest BCUT2D eigenvalue weighted by Gasteiger charge is 2.01. The highest BCUT2D eigenvalue weighted by atomic mass is 35.5. The molecule has 0 bridgehead atoms. The molecule has 9 heavy (non-hydrogen) atoms. The summed E-state index contributed by atoms with van der Waals surface area (Å²) in [5.74, 6) is -0.831. The fourth-order valence-electron chi connectivity index (χ4n) is 0.136. The van der Waals surface area contributed by atoms with Crippen molar-refractivity contribution >= 4 is 50.8 Å². The molecule has 0 heterocycles. The van der Waals surface area contributed by atoms with E-state index in [1.165, 1.54) is 0 Å². The summed E-state index contributed by atoms with van der Waals surface area (Å²) in [7, 11) is 2.25. The number of carboxylic acid groups (broad SMARTS) is 1. The van der Waals surface area contributed by atoms with E-state index in [-0.39, 0.29) is 5.75 Å². The van der Waals surface area contributed by atoms with Gasteiger partial charge in [-0.3, -0.25) is 4.79 Å². The fourth-order valence-corrected chi connectivity index (χ4v) is 2.15. The molecule has 0 amide bonds. The van der Waals surface area contributed by atoms with Crippen LogP contribution in [0.25, 0.3) is 0 Å². The van der Waals surface area contributed by atoms with E-state index < -0.39 is 10.1 Å². The van der Waals surface area contributed by atoms with Crippen LogP contribution in [0.5, 0.6) is 0 Å². The normalized spacial score (nSPS) is 10.1. The van der Waals surface area contributed by atoms with E-state index in [1.807, 2.05) is 0 Å². The Morgan fingerprint density at radius 3 is 2.56 bits per heavy atom. The van der Waals surface area contributed by atoms with Gasteiger partial charge < -0.3 is 5.11 Å². The molecule has 0 saturated carbocycles. The van der Waals surface area contributed by atoms with Gasteiger partial charge in [0.15, 0.2) is 4.17 Å². The predicted octanol–water partition coefficient (Wildman–Crippen LogP) is 2.21. The molecule has 0 unspecified atom stereocenters. The number of carbonyl (C=O) groups is 1. The molecular weight excluding hydrogens is 203 g/mol. The standard InChI is InChI=1S/C3H4Cl2O2S2/c4-3(5)9-8-1-2(6)7/h3H,1H2,(H,6,7). The maximum absolute atomic E-state index is 9.86. The Morgan fingerprint density at radius 1 is 1.67 bits per heavy atom. The number of hydrogen-bond donors (Lipinski definition) is 1. The Kier molecular flexibility index (Phi) is 5.99. The lowest BCUT2D eigenvalue weighted by atomic mass is 10.8. The first-order valence-corrected chi connectivity index (χ1v) is 5.16. The van der Waals surface area contributed by atoms with E-state index in [0.717, 1.165) is 21.6 Å². The highest BCUT2D eigenvalue weighted by Crippen LogP contribution is 2.31. The first-order valence-electron chi connectivity index (χ1n) is 1.91. The molecule has 0 atom stereocenters. The average molecular weight is 207 g/mol. The molecule has 6 heteroatoms. The summed E-state index contributed by atoms with van der Waals surface area (Å²) in [4.78, 5) is 9.86. The lowest BCUT2D eigenvalue weighted by Crippen LogP contribution is -1.96. The summed E-state index contributed by atoms with van der Waals surface area (Å²) in [6.45, 7) is 0. The molecule has 2 nitrogen and oxygen atoms in total. The van der Waals surface area contributed by atoms with Gasteiger partial charge in [0, 0.05) is 0 Å². The van der Waals surface area contributed by atoms with Gasteiger partial charge in [0.2, 0.25) is 0 Å². The van der Waals surface area contributed by atoms with Crippen molar-refractivity contribution in [1.82, 2.24) is 0 Å². The summed E-state index contributed by atoms with van der Waals surface area (Å²) in [6.07, 6.45) is 0. The van der Waals surface area contributed by atoms with Crippen LogP contribution in [0.15, 0.2) is 0 Å².